The van der Waals surface area contributed by atoms with Crippen LogP contribution in [0.5, 0.6) is 0 Å². The Balaban J connectivity index is 1.80. The lowest BCUT2D eigenvalue weighted by atomic mass is 9.71. The van der Waals surface area contributed by atoms with Gasteiger partial charge in [0.15, 0.2) is 0 Å². The van der Waals surface area contributed by atoms with Crippen LogP contribution in [0.4, 0.5) is 0 Å². The fraction of sp³-hybridized carbons (Fsp3) is 0.562. The predicted octanol–water partition coefficient (Wildman–Crippen LogP) is 2.99. The van der Waals surface area contributed by atoms with Crippen molar-refractivity contribution in [3.63, 3.8) is 0 Å². The van der Waals surface area contributed by atoms with Crippen LogP contribution in [0.2, 0.25) is 0 Å². The molecule has 0 aromatic heterocycles. The molecule has 4 nitrogen and oxygen atoms in total. The molecule has 4 heteroatoms. The molecule has 1 aliphatic rings. The summed E-state index contributed by atoms with van der Waals surface area (Å²) in [5.41, 5.74) is 3.27. The van der Waals surface area contributed by atoms with Crippen LogP contribution in [0.25, 0.3) is 0 Å². The molecule has 0 bridgehead atoms. The molecular weight excluding hydrogens is 254 g/mol. The van der Waals surface area contributed by atoms with E-state index in [1.54, 1.807) is 0 Å². The average molecular weight is 277 g/mol. The first kappa shape index (κ1) is 15.0. The van der Waals surface area contributed by atoms with Gasteiger partial charge in [-0.3, -0.25) is 9.63 Å². The third kappa shape index (κ3) is 3.81. The van der Waals surface area contributed by atoms with Crippen molar-refractivity contribution < 1.29 is 14.7 Å². The maximum Gasteiger partial charge on any atom is 0.311 e. The number of nitrogens with one attached hydrogen (secondary N) is 1. The quantitative estimate of drug-likeness (QED) is 0.620. The minimum absolute atomic E-state index is 0.377. The minimum Gasteiger partial charge on any atom is -0.481 e. The Kier molecular flexibility index (Phi) is 5.15. The van der Waals surface area contributed by atoms with Gasteiger partial charge >= 0.3 is 5.97 Å². The zero-order chi connectivity index (χ0) is 14.4. The molecule has 1 fully saturated rings. The fourth-order valence-corrected chi connectivity index (χ4v) is 2.68. The van der Waals surface area contributed by atoms with Gasteiger partial charge in [-0.25, -0.2) is 5.48 Å². The lowest BCUT2D eigenvalue weighted by molar-refractivity contribution is -0.153. The van der Waals surface area contributed by atoms with E-state index in [1.807, 2.05) is 30.3 Å². The van der Waals surface area contributed by atoms with Crippen molar-refractivity contribution in [1.82, 2.24) is 5.48 Å². The van der Waals surface area contributed by atoms with E-state index in [-0.39, 0.29) is 0 Å². The van der Waals surface area contributed by atoms with Crippen LogP contribution in [-0.2, 0) is 16.2 Å². The highest BCUT2D eigenvalue weighted by Gasteiger charge is 2.41. The third-order valence-corrected chi connectivity index (χ3v) is 4.28. The third-order valence-electron chi connectivity index (χ3n) is 4.28. The average Bonchev–Trinajstić information content (AvgIpc) is 2.47. The molecule has 2 N–H and O–H groups in total. The first-order valence-electron chi connectivity index (χ1n) is 7.24. The van der Waals surface area contributed by atoms with E-state index >= 15 is 0 Å². The summed E-state index contributed by atoms with van der Waals surface area (Å²) in [5.74, 6) is -0.0760. The second-order valence-electron chi connectivity index (χ2n) is 5.86. The van der Waals surface area contributed by atoms with E-state index in [0.29, 0.717) is 19.1 Å². The van der Waals surface area contributed by atoms with Crippen LogP contribution < -0.4 is 5.48 Å². The molecule has 0 atom stereocenters. The van der Waals surface area contributed by atoms with E-state index in [2.05, 4.69) is 12.4 Å². The Hall–Kier alpha value is -1.39. The number of hydrogen-bond donors (Lipinski definition) is 2. The highest BCUT2D eigenvalue weighted by atomic mass is 16.6. The summed E-state index contributed by atoms with van der Waals surface area (Å²) in [6.45, 7) is 3.01. The van der Waals surface area contributed by atoms with Gasteiger partial charge < -0.3 is 5.11 Å². The van der Waals surface area contributed by atoms with Crippen LogP contribution in [0, 0.1) is 11.3 Å². The Morgan fingerprint density at radius 1 is 1.35 bits per heavy atom. The van der Waals surface area contributed by atoms with Gasteiger partial charge in [-0.2, -0.15) is 0 Å². The van der Waals surface area contributed by atoms with Crippen LogP contribution >= 0.6 is 0 Å². The summed E-state index contributed by atoms with van der Waals surface area (Å²) in [6.07, 6.45) is 3.41. The molecule has 0 spiro atoms. The number of rotatable bonds is 6. The maximum atomic E-state index is 11.6. The molecule has 0 aliphatic heterocycles. The summed E-state index contributed by atoms with van der Waals surface area (Å²) in [4.78, 5) is 17.0. The summed E-state index contributed by atoms with van der Waals surface area (Å²) < 4.78 is 0. The second-order valence-corrected chi connectivity index (χ2v) is 5.86. The van der Waals surface area contributed by atoms with Gasteiger partial charge in [0, 0.05) is 6.54 Å². The van der Waals surface area contributed by atoms with Gasteiger partial charge in [0.1, 0.15) is 0 Å². The number of hydrogen-bond acceptors (Lipinski definition) is 3. The molecule has 0 radical (unpaired) electrons. The molecule has 0 unspecified atom stereocenters. The summed E-state index contributed by atoms with van der Waals surface area (Å²) in [7, 11) is 0. The minimum atomic E-state index is -0.708. The van der Waals surface area contributed by atoms with Gasteiger partial charge in [-0.05, 0) is 37.2 Å². The molecule has 1 aromatic rings. The smallest absolute Gasteiger partial charge is 0.311 e. The molecule has 2 rings (SSSR count). The fourth-order valence-electron chi connectivity index (χ4n) is 2.68. The van der Waals surface area contributed by atoms with Crippen molar-refractivity contribution in [2.24, 2.45) is 11.3 Å². The molecular formula is C16H23NO3. The SMILES string of the molecule is C[C@H]1CC[C@@](CNOCc2ccccc2)(C(=O)O)CC1. The number of carboxylic acids is 1. The molecule has 0 heterocycles. The molecule has 110 valence electrons. The van der Waals surface area contributed by atoms with Crippen molar-refractivity contribution >= 4 is 5.97 Å². The Morgan fingerprint density at radius 2 is 2.00 bits per heavy atom. The van der Waals surface area contributed by atoms with Crippen LogP contribution in [0.1, 0.15) is 38.2 Å². The predicted molar refractivity (Wildman–Crippen MR) is 76.9 cm³/mol. The number of aliphatic carboxylic acids is 1. The van der Waals surface area contributed by atoms with Crippen molar-refractivity contribution in [2.75, 3.05) is 6.54 Å². The van der Waals surface area contributed by atoms with Gasteiger partial charge in [0.2, 0.25) is 0 Å². The molecule has 1 aromatic carbocycles. The van der Waals surface area contributed by atoms with E-state index < -0.39 is 11.4 Å². The van der Waals surface area contributed by atoms with E-state index in [0.717, 1.165) is 31.2 Å². The number of benzene rings is 1. The Labute approximate surface area is 120 Å². The van der Waals surface area contributed by atoms with Gasteiger partial charge in [-0.15, -0.1) is 0 Å². The van der Waals surface area contributed by atoms with Crippen LogP contribution in [0.15, 0.2) is 30.3 Å². The van der Waals surface area contributed by atoms with Crippen molar-refractivity contribution in [1.29, 1.82) is 0 Å². The van der Waals surface area contributed by atoms with E-state index in [1.165, 1.54) is 0 Å². The Bertz CT molecular complexity index is 425. The zero-order valence-corrected chi connectivity index (χ0v) is 12.0. The molecule has 0 saturated heterocycles. The highest BCUT2D eigenvalue weighted by molar-refractivity contribution is 5.75. The van der Waals surface area contributed by atoms with E-state index in [4.69, 9.17) is 4.84 Å². The molecule has 0 amide bonds. The molecule has 1 saturated carbocycles. The van der Waals surface area contributed by atoms with Gasteiger partial charge in [-0.1, -0.05) is 37.3 Å². The lowest BCUT2D eigenvalue weighted by Crippen LogP contribution is -2.43. The van der Waals surface area contributed by atoms with Crippen molar-refractivity contribution in [3.05, 3.63) is 35.9 Å². The van der Waals surface area contributed by atoms with Crippen LogP contribution in [0.3, 0.4) is 0 Å². The second kappa shape index (κ2) is 6.86. The lowest BCUT2D eigenvalue weighted by Gasteiger charge is -2.35. The first-order chi connectivity index (χ1) is 9.62. The highest BCUT2D eigenvalue weighted by Crippen LogP contribution is 2.38. The van der Waals surface area contributed by atoms with Gasteiger partial charge in [0.05, 0.1) is 12.0 Å². The number of hydroxylamine groups is 1. The monoisotopic (exact) mass is 277 g/mol. The standard InChI is InChI=1S/C16H23NO3/c1-13-7-9-16(10-8-13,15(18)19)12-17-20-11-14-5-3-2-4-6-14/h2-6,13,17H,7-12H2,1H3,(H,18,19)/t13-,16+. The number of carboxylic acid groups (broad SMARTS) is 1. The molecule has 1 aliphatic carbocycles. The number of carbonyl (C=O) groups is 1. The summed E-state index contributed by atoms with van der Waals surface area (Å²) >= 11 is 0. The van der Waals surface area contributed by atoms with Gasteiger partial charge in [0.25, 0.3) is 0 Å². The van der Waals surface area contributed by atoms with Crippen molar-refractivity contribution in [3.8, 4) is 0 Å². The summed E-state index contributed by atoms with van der Waals surface area (Å²) in [6, 6.07) is 9.84. The zero-order valence-electron chi connectivity index (χ0n) is 12.0. The summed E-state index contributed by atoms with van der Waals surface area (Å²) in [5, 5.41) is 9.50. The maximum absolute atomic E-state index is 11.6. The van der Waals surface area contributed by atoms with E-state index in [9.17, 15) is 9.90 Å². The largest absolute Gasteiger partial charge is 0.481 e. The van der Waals surface area contributed by atoms with Crippen LogP contribution in [-0.4, -0.2) is 17.6 Å². The Morgan fingerprint density at radius 3 is 2.60 bits per heavy atom. The molecule has 20 heavy (non-hydrogen) atoms. The topological polar surface area (TPSA) is 58.6 Å². The first-order valence-corrected chi connectivity index (χ1v) is 7.24. The van der Waals surface area contributed by atoms with Crippen molar-refractivity contribution in [2.45, 2.75) is 39.2 Å². The normalized spacial score (nSPS) is 26.4.